The first-order chi connectivity index (χ1) is 15.1. The van der Waals surface area contributed by atoms with E-state index in [0.29, 0.717) is 28.7 Å². The van der Waals surface area contributed by atoms with Gasteiger partial charge in [0.05, 0.1) is 16.6 Å². The number of amides is 1. The van der Waals surface area contributed by atoms with Gasteiger partial charge in [-0.2, -0.15) is 0 Å². The third kappa shape index (κ3) is 3.50. The van der Waals surface area contributed by atoms with Crippen molar-refractivity contribution in [3.63, 3.8) is 0 Å². The van der Waals surface area contributed by atoms with Gasteiger partial charge in [-0.25, -0.2) is 4.98 Å². The second-order valence-corrected chi connectivity index (χ2v) is 7.87. The Hall–Kier alpha value is -3.81. The number of likely N-dealkylation sites (tertiary alicyclic amines) is 1. The molecule has 0 unspecified atom stereocenters. The average molecular weight is 414 g/mol. The summed E-state index contributed by atoms with van der Waals surface area (Å²) in [4.78, 5) is 32.1. The fourth-order valence-electron chi connectivity index (χ4n) is 4.23. The molecule has 1 fully saturated rings. The molecule has 1 saturated heterocycles. The summed E-state index contributed by atoms with van der Waals surface area (Å²) in [6.07, 6.45) is 5.14. The Bertz CT molecular complexity index is 1310. The van der Waals surface area contributed by atoms with Crippen molar-refractivity contribution in [1.29, 1.82) is 0 Å². The summed E-state index contributed by atoms with van der Waals surface area (Å²) < 4.78 is 3.42. The zero-order valence-electron chi connectivity index (χ0n) is 17.2. The SMILES string of the molecule is Cn1cnnc1[C@H]1CCCN(C(=O)c2ccc(-n3cnc4ccccc4c3=O)cc2)C1. The largest absolute Gasteiger partial charge is 0.338 e. The second-order valence-electron chi connectivity index (χ2n) is 7.87. The molecular formula is C23H22N6O2. The number of para-hydroxylation sites is 1. The van der Waals surface area contributed by atoms with E-state index in [1.54, 1.807) is 36.7 Å². The molecule has 1 aliphatic rings. The third-order valence-electron chi connectivity index (χ3n) is 5.88. The van der Waals surface area contributed by atoms with Gasteiger partial charge < -0.3 is 9.47 Å². The highest BCUT2D eigenvalue weighted by molar-refractivity contribution is 5.94. The molecule has 3 heterocycles. The highest BCUT2D eigenvalue weighted by Gasteiger charge is 2.28. The summed E-state index contributed by atoms with van der Waals surface area (Å²) in [5.74, 6) is 1.09. The summed E-state index contributed by atoms with van der Waals surface area (Å²) in [5.41, 5.74) is 1.81. The molecule has 0 saturated carbocycles. The first kappa shape index (κ1) is 19.2. The summed E-state index contributed by atoms with van der Waals surface area (Å²) >= 11 is 0. The van der Waals surface area contributed by atoms with Gasteiger partial charge in [0.1, 0.15) is 18.5 Å². The molecule has 0 radical (unpaired) electrons. The lowest BCUT2D eigenvalue weighted by atomic mass is 9.96. The Morgan fingerprint density at radius 1 is 1.06 bits per heavy atom. The van der Waals surface area contributed by atoms with E-state index < -0.39 is 0 Å². The van der Waals surface area contributed by atoms with Gasteiger partial charge in [0.2, 0.25) is 0 Å². The second kappa shape index (κ2) is 7.79. The van der Waals surface area contributed by atoms with E-state index in [0.717, 1.165) is 25.2 Å². The van der Waals surface area contributed by atoms with Crippen LogP contribution in [0.3, 0.4) is 0 Å². The number of hydrogen-bond donors (Lipinski definition) is 0. The Labute approximate surface area is 178 Å². The fraction of sp³-hybridized carbons (Fsp3) is 0.261. The number of carbonyl (C=O) groups is 1. The molecule has 5 rings (SSSR count). The molecule has 4 aromatic rings. The minimum atomic E-state index is -0.132. The number of rotatable bonds is 3. The van der Waals surface area contributed by atoms with Crippen molar-refractivity contribution in [3.8, 4) is 5.69 Å². The van der Waals surface area contributed by atoms with Crippen LogP contribution in [0.15, 0.2) is 66.0 Å². The lowest BCUT2D eigenvalue weighted by Crippen LogP contribution is -2.39. The van der Waals surface area contributed by atoms with E-state index in [1.165, 1.54) is 10.9 Å². The van der Waals surface area contributed by atoms with Crippen LogP contribution >= 0.6 is 0 Å². The molecule has 156 valence electrons. The van der Waals surface area contributed by atoms with Crippen molar-refractivity contribution < 1.29 is 4.79 Å². The molecular weight excluding hydrogens is 392 g/mol. The Kier molecular flexibility index (Phi) is 4.82. The summed E-state index contributed by atoms with van der Waals surface area (Å²) in [7, 11) is 1.93. The average Bonchev–Trinajstić information content (AvgIpc) is 3.25. The van der Waals surface area contributed by atoms with Crippen LogP contribution < -0.4 is 5.56 Å². The molecule has 1 aliphatic heterocycles. The molecule has 0 aliphatic carbocycles. The molecule has 1 amide bonds. The van der Waals surface area contributed by atoms with E-state index in [9.17, 15) is 9.59 Å². The van der Waals surface area contributed by atoms with Gasteiger partial charge in [-0.3, -0.25) is 14.2 Å². The lowest BCUT2D eigenvalue weighted by molar-refractivity contribution is 0.0703. The molecule has 0 N–H and O–H groups in total. The van der Waals surface area contributed by atoms with Gasteiger partial charge in [0.15, 0.2) is 0 Å². The van der Waals surface area contributed by atoms with Crippen LogP contribution in [0.25, 0.3) is 16.6 Å². The lowest BCUT2D eigenvalue weighted by Gasteiger charge is -2.32. The third-order valence-corrected chi connectivity index (χ3v) is 5.88. The molecule has 8 heteroatoms. The Morgan fingerprint density at radius 3 is 2.65 bits per heavy atom. The van der Waals surface area contributed by atoms with Crippen molar-refractivity contribution in [1.82, 2.24) is 29.2 Å². The fourth-order valence-corrected chi connectivity index (χ4v) is 4.23. The van der Waals surface area contributed by atoms with E-state index in [4.69, 9.17) is 0 Å². The Morgan fingerprint density at radius 2 is 1.87 bits per heavy atom. The summed E-state index contributed by atoms with van der Waals surface area (Å²) in [6, 6.07) is 14.4. The van der Waals surface area contributed by atoms with E-state index in [1.807, 2.05) is 34.7 Å². The van der Waals surface area contributed by atoms with Crippen molar-refractivity contribution in [2.75, 3.05) is 13.1 Å². The van der Waals surface area contributed by atoms with E-state index in [-0.39, 0.29) is 17.4 Å². The zero-order valence-corrected chi connectivity index (χ0v) is 17.2. The highest BCUT2D eigenvalue weighted by Crippen LogP contribution is 2.26. The van der Waals surface area contributed by atoms with Crippen molar-refractivity contribution in [2.45, 2.75) is 18.8 Å². The van der Waals surface area contributed by atoms with E-state index in [2.05, 4.69) is 15.2 Å². The minimum absolute atomic E-state index is 0.0117. The van der Waals surface area contributed by atoms with Gasteiger partial charge in [-0.1, -0.05) is 12.1 Å². The smallest absolute Gasteiger partial charge is 0.265 e. The molecule has 31 heavy (non-hydrogen) atoms. The predicted molar refractivity (Wildman–Crippen MR) is 116 cm³/mol. The van der Waals surface area contributed by atoms with Crippen LogP contribution in [0.1, 0.15) is 34.9 Å². The standard InChI is InChI=1S/C23H22N6O2/c1-27-15-25-26-21(27)17-5-4-12-28(13-17)22(30)16-8-10-18(11-9-16)29-14-24-20-7-3-2-6-19(20)23(29)31/h2-3,6-11,14-15,17H,4-5,12-13H2,1H3/t17-/m0/s1. The number of aryl methyl sites for hydroxylation is 1. The first-order valence-corrected chi connectivity index (χ1v) is 10.3. The van der Waals surface area contributed by atoms with Crippen LogP contribution in [-0.4, -0.2) is 48.2 Å². The maximum absolute atomic E-state index is 13.1. The van der Waals surface area contributed by atoms with Crippen LogP contribution in [0.2, 0.25) is 0 Å². The molecule has 0 spiro atoms. The number of nitrogens with zero attached hydrogens (tertiary/aromatic N) is 6. The molecule has 0 bridgehead atoms. The molecule has 2 aromatic carbocycles. The maximum atomic E-state index is 13.1. The minimum Gasteiger partial charge on any atom is -0.338 e. The number of piperidine rings is 1. The number of benzene rings is 2. The number of aromatic nitrogens is 5. The van der Waals surface area contributed by atoms with Crippen molar-refractivity contribution in [3.05, 3.63) is 82.9 Å². The quantitative estimate of drug-likeness (QED) is 0.514. The number of hydrogen-bond acceptors (Lipinski definition) is 5. The first-order valence-electron chi connectivity index (χ1n) is 10.3. The summed E-state index contributed by atoms with van der Waals surface area (Å²) in [6.45, 7) is 1.35. The number of fused-ring (bicyclic) bond motifs is 1. The van der Waals surface area contributed by atoms with Crippen LogP contribution in [-0.2, 0) is 7.05 Å². The van der Waals surface area contributed by atoms with Gasteiger partial charge in [-0.05, 0) is 49.2 Å². The molecule has 2 aromatic heterocycles. The molecule has 8 nitrogen and oxygen atoms in total. The van der Waals surface area contributed by atoms with Crippen molar-refractivity contribution in [2.24, 2.45) is 7.05 Å². The van der Waals surface area contributed by atoms with Crippen LogP contribution in [0.4, 0.5) is 0 Å². The topological polar surface area (TPSA) is 85.9 Å². The van der Waals surface area contributed by atoms with Crippen molar-refractivity contribution >= 4 is 16.8 Å². The Balaban J connectivity index is 1.38. The van der Waals surface area contributed by atoms with Gasteiger partial charge >= 0.3 is 0 Å². The normalized spacial score (nSPS) is 16.5. The van der Waals surface area contributed by atoms with Crippen LogP contribution in [0.5, 0.6) is 0 Å². The van der Waals surface area contributed by atoms with E-state index >= 15 is 0 Å². The summed E-state index contributed by atoms with van der Waals surface area (Å²) in [5, 5.41) is 8.75. The predicted octanol–water partition coefficient (Wildman–Crippen LogP) is 2.53. The van der Waals surface area contributed by atoms with Gasteiger partial charge in [0, 0.05) is 31.6 Å². The maximum Gasteiger partial charge on any atom is 0.265 e. The molecule has 1 atom stereocenters. The van der Waals surface area contributed by atoms with Gasteiger partial charge in [-0.15, -0.1) is 10.2 Å². The highest BCUT2D eigenvalue weighted by atomic mass is 16.2. The monoisotopic (exact) mass is 414 g/mol. The van der Waals surface area contributed by atoms with Crippen LogP contribution in [0, 0.1) is 0 Å². The van der Waals surface area contributed by atoms with Gasteiger partial charge in [0.25, 0.3) is 11.5 Å². The zero-order chi connectivity index (χ0) is 21.4. The number of carbonyl (C=O) groups excluding carboxylic acids is 1.